The van der Waals surface area contributed by atoms with E-state index in [1.807, 2.05) is 24.3 Å². The molecule has 1 heterocycles. The zero-order valence-corrected chi connectivity index (χ0v) is 11.2. The van der Waals surface area contributed by atoms with Crippen LogP contribution in [0.1, 0.15) is 13.3 Å². The van der Waals surface area contributed by atoms with Crippen molar-refractivity contribution in [2.75, 3.05) is 18.6 Å². The van der Waals surface area contributed by atoms with Gasteiger partial charge in [0.1, 0.15) is 0 Å². The van der Waals surface area contributed by atoms with E-state index < -0.39 is 0 Å². The summed E-state index contributed by atoms with van der Waals surface area (Å²) in [6.45, 7) is 2.10. The molecule has 0 N–H and O–H groups in total. The van der Waals surface area contributed by atoms with Crippen molar-refractivity contribution in [3.63, 3.8) is 0 Å². The SMILES string of the molecule is CCOC(=O)CC1Sc2ccccc2N(C)C1=O. The summed E-state index contributed by atoms with van der Waals surface area (Å²) in [7, 11) is 1.74. The Hall–Kier alpha value is -1.49. The average Bonchev–Trinajstić information content (AvgIpc) is 2.36. The van der Waals surface area contributed by atoms with Crippen molar-refractivity contribution in [1.82, 2.24) is 0 Å². The van der Waals surface area contributed by atoms with Crippen LogP contribution in [0.25, 0.3) is 0 Å². The van der Waals surface area contributed by atoms with E-state index in [1.54, 1.807) is 18.9 Å². The van der Waals surface area contributed by atoms with Gasteiger partial charge in [-0.1, -0.05) is 12.1 Å². The topological polar surface area (TPSA) is 46.6 Å². The number of carbonyl (C=O) groups is 2. The molecule has 0 fully saturated rings. The van der Waals surface area contributed by atoms with Gasteiger partial charge in [0.05, 0.1) is 24.0 Å². The molecule has 1 aliphatic rings. The first-order valence-electron chi connectivity index (χ1n) is 5.82. The van der Waals surface area contributed by atoms with Gasteiger partial charge in [-0.3, -0.25) is 9.59 Å². The first kappa shape index (κ1) is 13.0. The zero-order chi connectivity index (χ0) is 13.1. The van der Waals surface area contributed by atoms with Crippen molar-refractivity contribution in [3.05, 3.63) is 24.3 Å². The number of rotatable bonds is 3. The molecule has 1 aliphatic heterocycles. The van der Waals surface area contributed by atoms with E-state index in [0.717, 1.165) is 10.6 Å². The lowest BCUT2D eigenvalue weighted by Crippen LogP contribution is -2.39. The van der Waals surface area contributed by atoms with Crippen LogP contribution in [0.3, 0.4) is 0 Å². The van der Waals surface area contributed by atoms with E-state index >= 15 is 0 Å². The first-order chi connectivity index (χ1) is 8.63. The second-order valence-electron chi connectivity index (χ2n) is 3.98. The van der Waals surface area contributed by atoms with Crippen LogP contribution < -0.4 is 4.90 Å². The second-order valence-corrected chi connectivity index (χ2v) is 5.23. The van der Waals surface area contributed by atoms with Crippen molar-refractivity contribution in [3.8, 4) is 0 Å². The minimum atomic E-state index is -0.385. The molecule has 1 amide bonds. The number of amides is 1. The number of hydrogen-bond acceptors (Lipinski definition) is 4. The normalized spacial score (nSPS) is 18.4. The highest BCUT2D eigenvalue weighted by atomic mass is 32.2. The van der Waals surface area contributed by atoms with Crippen LogP contribution >= 0.6 is 11.8 Å². The molecule has 0 saturated heterocycles. The molecule has 0 spiro atoms. The van der Waals surface area contributed by atoms with Gasteiger partial charge < -0.3 is 9.64 Å². The van der Waals surface area contributed by atoms with Gasteiger partial charge in [0.15, 0.2) is 0 Å². The number of esters is 1. The molecule has 1 atom stereocenters. The monoisotopic (exact) mass is 265 g/mol. The third-order valence-corrected chi connectivity index (χ3v) is 4.01. The van der Waals surface area contributed by atoms with Gasteiger partial charge in [-0.15, -0.1) is 11.8 Å². The van der Waals surface area contributed by atoms with Gasteiger partial charge in [0.2, 0.25) is 5.91 Å². The molecule has 5 heteroatoms. The summed E-state index contributed by atoms with van der Waals surface area (Å²) >= 11 is 1.43. The molecule has 1 unspecified atom stereocenters. The van der Waals surface area contributed by atoms with Gasteiger partial charge >= 0.3 is 5.97 Å². The largest absolute Gasteiger partial charge is 0.466 e. The average molecular weight is 265 g/mol. The van der Waals surface area contributed by atoms with Crippen LogP contribution in [-0.2, 0) is 14.3 Å². The number of para-hydroxylation sites is 1. The summed E-state index contributed by atoms with van der Waals surface area (Å²) in [5.41, 5.74) is 0.896. The van der Waals surface area contributed by atoms with E-state index in [0.29, 0.717) is 6.61 Å². The van der Waals surface area contributed by atoms with Crippen LogP contribution in [0.2, 0.25) is 0 Å². The highest BCUT2D eigenvalue weighted by Crippen LogP contribution is 2.39. The smallest absolute Gasteiger partial charge is 0.307 e. The van der Waals surface area contributed by atoms with E-state index in [-0.39, 0.29) is 23.5 Å². The minimum Gasteiger partial charge on any atom is -0.466 e. The Labute approximate surface area is 110 Å². The summed E-state index contributed by atoms with van der Waals surface area (Å²) in [6.07, 6.45) is 0.121. The Morgan fingerprint density at radius 2 is 2.17 bits per heavy atom. The number of benzene rings is 1. The maximum absolute atomic E-state index is 12.1. The zero-order valence-electron chi connectivity index (χ0n) is 10.4. The molecule has 2 rings (SSSR count). The lowest BCUT2D eigenvalue weighted by molar-refractivity contribution is -0.144. The highest BCUT2D eigenvalue weighted by Gasteiger charge is 2.32. The van der Waals surface area contributed by atoms with Crippen molar-refractivity contribution < 1.29 is 14.3 Å². The number of carbonyl (C=O) groups excluding carboxylic acids is 2. The summed E-state index contributed by atoms with van der Waals surface area (Å²) in [4.78, 5) is 26.2. The Balaban J connectivity index is 2.17. The Morgan fingerprint density at radius 1 is 1.44 bits per heavy atom. The van der Waals surface area contributed by atoms with Crippen LogP contribution in [-0.4, -0.2) is 30.8 Å². The molecular formula is C13H15NO3S. The Morgan fingerprint density at radius 3 is 2.89 bits per heavy atom. The van der Waals surface area contributed by atoms with Crippen LogP contribution in [0, 0.1) is 0 Å². The quantitative estimate of drug-likeness (QED) is 0.785. The van der Waals surface area contributed by atoms with Crippen molar-refractivity contribution in [2.45, 2.75) is 23.5 Å². The molecule has 0 aliphatic carbocycles. The number of ether oxygens (including phenoxy) is 1. The van der Waals surface area contributed by atoms with Gasteiger partial charge in [0.25, 0.3) is 0 Å². The van der Waals surface area contributed by atoms with Crippen molar-refractivity contribution >= 4 is 29.3 Å². The van der Waals surface area contributed by atoms with E-state index in [2.05, 4.69) is 0 Å². The molecule has 4 nitrogen and oxygen atoms in total. The van der Waals surface area contributed by atoms with Crippen molar-refractivity contribution in [1.29, 1.82) is 0 Å². The highest BCUT2D eigenvalue weighted by molar-refractivity contribution is 8.01. The Kier molecular flexibility index (Phi) is 3.91. The third kappa shape index (κ3) is 2.51. The standard InChI is InChI=1S/C13H15NO3S/c1-3-17-12(15)8-11-13(16)14(2)9-6-4-5-7-10(9)18-11/h4-7,11H,3,8H2,1-2H3. The lowest BCUT2D eigenvalue weighted by atomic mass is 10.2. The summed E-state index contributed by atoms with van der Waals surface area (Å²) < 4.78 is 4.89. The molecule has 1 aromatic rings. The fraction of sp³-hybridized carbons (Fsp3) is 0.385. The molecule has 96 valence electrons. The van der Waals surface area contributed by atoms with Gasteiger partial charge in [-0.2, -0.15) is 0 Å². The number of fused-ring (bicyclic) bond motifs is 1. The maximum Gasteiger partial charge on any atom is 0.307 e. The molecule has 1 aromatic carbocycles. The molecule has 0 saturated carbocycles. The van der Waals surface area contributed by atoms with Crippen LogP contribution in [0.5, 0.6) is 0 Å². The molecule has 0 radical (unpaired) electrons. The maximum atomic E-state index is 12.1. The van der Waals surface area contributed by atoms with E-state index in [1.165, 1.54) is 11.8 Å². The van der Waals surface area contributed by atoms with Crippen LogP contribution in [0.15, 0.2) is 29.2 Å². The second kappa shape index (κ2) is 5.44. The van der Waals surface area contributed by atoms with E-state index in [9.17, 15) is 9.59 Å². The number of thioether (sulfide) groups is 1. The fourth-order valence-corrected chi connectivity index (χ4v) is 3.14. The minimum absolute atomic E-state index is 0.0493. The molecular weight excluding hydrogens is 250 g/mol. The van der Waals surface area contributed by atoms with E-state index in [4.69, 9.17) is 4.74 Å². The summed E-state index contributed by atoms with van der Waals surface area (Å²) in [5.74, 6) is -0.372. The summed E-state index contributed by atoms with van der Waals surface area (Å²) in [6, 6.07) is 7.69. The van der Waals surface area contributed by atoms with Crippen LogP contribution in [0.4, 0.5) is 5.69 Å². The number of nitrogens with zero attached hydrogens (tertiary/aromatic N) is 1. The molecule has 0 bridgehead atoms. The fourth-order valence-electron chi connectivity index (χ4n) is 1.87. The lowest BCUT2D eigenvalue weighted by Gasteiger charge is -2.30. The van der Waals surface area contributed by atoms with Gasteiger partial charge in [-0.05, 0) is 19.1 Å². The number of hydrogen-bond donors (Lipinski definition) is 0. The van der Waals surface area contributed by atoms with Gasteiger partial charge in [0, 0.05) is 11.9 Å². The Bertz CT molecular complexity index is 475. The predicted molar refractivity (Wildman–Crippen MR) is 70.7 cm³/mol. The third-order valence-electron chi connectivity index (χ3n) is 2.76. The number of anilines is 1. The van der Waals surface area contributed by atoms with Crippen molar-refractivity contribution in [2.24, 2.45) is 0 Å². The predicted octanol–water partition coefficient (Wildman–Crippen LogP) is 2.08. The first-order valence-corrected chi connectivity index (χ1v) is 6.70. The molecule has 0 aromatic heterocycles. The molecule has 18 heavy (non-hydrogen) atoms. The summed E-state index contributed by atoms with van der Waals surface area (Å²) in [5, 5.41) is -0.385. The van der Waals surface area contributed by atoms with Gasteiger partial charge in [-0.25, -0.2) is 0 Å².